The van der Waals surface area contributed by atoms with Crippen LogP contribution in [0.5, 0.6) is 0 Å². The van der Waals surface area contributed by atoms with Crippen molar-refractivity contribution in [2.75, 3.05) is 0 Å². The Kier molecular flexibility index (Phi) is 3.62. The molecule has 0 saturated carbocycles. The Bertz CT molecular complexity index is 317. The lowest BCUT2D eigenvalue weighted by atomic mass is 10.2. The van der Waals surface area contributed by atoms with E-state index in [1.54, 1.807) is 6.92 Å². The fourth-order valence-electron chi connectivity index (χ4n) is 0.890. The molecule has 1 aromatic rings. The zero-order valence-electron chi connectivity index (χ0n) is 6.82. The highest BCUT2D eigenvalue weighted by molar-refractivity contribution is 9.10. The van der Waals surface area contributed by atoms with Crippen molar-refractivity contribution in [3.05, 3.63) is 27.5 Å². The van der Waals surface area contributed by atoms with Crippen molar-refractivity contribution in [1.82, 2.24) is 4.98 Å². The molecule has 0 amide bonds. The molecule has 1 aromatic heterocycles. The van der Waals surface area contributed by atoms with Crippen molar-refractivity contribution in [1.29, 1.82) is 0 Å². The van der Waals surface area contributed by atoms with Crippen LogP contribution < -0.4 is 0 Å². The minimum absolute atomic E-state index is 0.144. The number of nitrogens with zero attached hydrogens (tertiary/aromatic N) is 1. The highest BCUT2D eigenvalue weighted by Crippen LogP contribution is 2.25. The van der Waals surface area contributed by atoms with Gasteiger partial charge in [-0.05, 0) is 18.6 Å². The average Bonchev–Trinajstić information content (AvgIpc) is 2.09. The van der Waals surface area contributed by atoms with Crippen LogP contribution in [0.3, 0.4) is 0 Å². The van der Waals surface area contributed by atoms with Gasteiger partial charge < -0.3 is 0 Å². The molecule has 0 bridgehead atoms. The van der Waals surface area contributed by atoms with Crippen molar-refractivity contribution < 1.29 is 8.78 Å². The van der Waals surface area contributed by atoms with Crippen LogP contribution in [0.1, 0.15) is 23.4 Å². The molecule has 1 nitrogen and oxygen atoms in total. The molecular formula is C8H7BrClF2N. The van der Waals surface area contributed by atoms with E-state index < -0.39 is 6.43 Å². The number of hydrogen-bond donors (Lipinski definition) is 0. The fourth-order valence-corrected chi connectivity index (χ4v) is 1.61. The topological polar surface area (TPSA) is 12.9 Å². The number of alkyl halides is 3. The van der Waals surface area contributed by atoms with Gasteiger partial charge in [-0.1, -0.05) is 15.9 Å². The van der Waals surface area contributed by atoms with Gasteiger partial charge in [0.1, 0.15) is 5.69 Å². The van der Waals surface area contributed by atoms with E-state index in [9.17, 15) is 8.78 Å². The second-order valence-corrected chi connectivity index (χ2v) is 3.66. The summed E-state index contributed by atoms with van der Waals surface area (Å²) in [6, 6.07) is 1.32. The number of pyridine rings is 1. The van der Waals surface area contributed by atoms with E-state index in [1.165, 1.54) is 6.07 Å². The van der Waals surface area contributed by atoms with E-state index in [-0.39, 0.29) is 11.6 Å². The zero-order valence-corrected chi connectivity index (χ0v) is 9.16. The molecule has 0 aliphatic heterocycles. The van der Waals surface area contributed by atoms with Gasteiger partial charge in [0.2, 0.25) is 0 Å². The van der Waals surface area contributed by atoms with Gasteiger partial charge in [-0.3, -0.25) is 4.98 Å². The highest BCUT2D eigenvalue weighted by Gasteiger charge is 2.13. The van der Waals surface area contributed by atoms with E-state index in [0.29, 0.717) is 10.2 Å². The van der Waals surface area contributed by atoms with Crippen LogP contribution >= 0.6 is 27.5 Å². The minimum Gasteiger partial charge on any atom is -0.250 e. The molecule has 0 spiro atoms. The van der Waals surface area contributed by atoms with E-state index in [0.717, 1.165) is 5.56 Å². The van der Waals surface area contributed by atoms with Gasteiger partial charge >= 0.3 is 0 Å². The minimum atomic E-state index is -2.56. The second-order valence-electron chi connectivity index (χ2n) is 2.53. The third-order valence-electron chi connectivity index (χ3n) is 1.68. The van der Waals surface area contributed by atoms with E-state index >= 15 is 0 Å². The maximum absolute atomic E-state index is 12.3. The van der Waals surface area contributed by atoms with Crippen molar-refractivity contribution in [3.63, 3.8) is 0 Å². The Morgan fingerprint density at radius 3 is 2.69 bits per heavy atom. The lowest BCUT2D eigenvalue weighted by Gasteiger charge is -2.07. The molecule has 0 unspecified atom stereocenters. The Morgan fingerprint density at radius 1 is 1.62 bits per heavy atom. The standard InChI is InChI=1S/C8H7BrClF2N/c1-4-5(9)2-6(8(11)12)13-7(4)3-10/h2,8H,3H2,1H3. The third-order valence-corrected chi connectivity index (χ3v) is 2.76. The van der Waals surface area contributed by atoms with Crippen LogP contribution in [-0.2, 0) is 5.88 Å². The van der Waals surface area contributed by atoms with Gasteiger partial charge in [-0.2, -0.15) is 0 Å². The summed E-state index contributed by atoms with van der Waals surface area (Å²) in [6.07, 6.45) is -2.56. The van der Waals surface area contributed by atoms with Crippen LogP contribution in [0.2, 0.25) is 0 Å². The summed E-state index contributed by atoms with van der Waals surface area (Å²) in [5, 5.41) is 0. The lowest BCUT2D eigenvalue weighted by molar-refractivity contribution is 0.145. The molecule has 0 N–H and O–H groups in total. The molecule has 13 heavy (non-hydrogen) atoms. The van der Waals surface area contributed by atoms with Gasteiger partial charge in [0.25, 0.3) is 6.43 Å². The smallest absolute Gasteiger partial charge is 0.250 e. The Hall–Kier alpha value is -0.220. The molecule has 0 radical (unpaired) electrons. The molecule has 0 atom stereocenters. The summed E-state index contributed by atoms with van der Waals surface area (Å²) in [7, 11) is 0. The van der Waals surface area contributed by atoms with Crippen molar-refractivity contribution >= 4 is 27.5 Å². The van der Waals surface area contributed by atoms with Crippen LogP contribution in [0.25, 0.3) is 0 Å². The molecule has 0 aliphatic rings. The molecule has 1 heterocycles. The molecule has 5 heteroatoms. The molecule has 72 valence electrons. The van der Waals surface area contributed by atoms with Crippen LogP contribution in [0, 0.1) is 6.92 Å². The first-order valence-corrected chi connectivity index (χ1v) is 4.89. The monoisotopic (exact) mass is 269 g/mol. The number of rotatable bonds is 2. The summed E-state index contributed by atoms with van der Waals surface area (Å²) >= 11 is 8.73. The van der Waals surface area contributed by atoms with Crippen LogP contribution in [0.4, 0.5) is 8.78 Å². The van der Waals surface area contributed by atoms with Gasteiger partial charge in [0, 0.05) is 4.47 Å². The highest BCUT2D eigenvalue weighted by atomic mass is 79.9. The molecular weight excluding hydrogens is 263 g/mol. The molecule has 0 aromatic carbocycles. The van der Waals surface area contributed by atoms with Crippen molar-refractivity contribution in [2.45, 2.75) is 19.2 Å². The Balaban J connectivity index is 3.22. The maximum atomic E-state index is 12.3. The molecule has 0 saturated heterocycles. The molecule has 0 aliphatic carbocycles. The molecule has 1 rings (SSSR count). The maximum Gasteiger partial charge on any atom is 0.280 e. The van der Waals surface area contributed by atoms with Crippen LogP contribution in [-0.4, -0.2) is 4.98 Å². The Morgan fingerprint density at radius 2 is 2.23 bits per heavy atom. The Labute approximate surface area is 88.2 Å². The zero-order chi connectivity index (χ0) is 10.0. The van der Waals surface area contributed by atoms with Crippen molar-refractivity contribution in [2.24, 2.45) is 0 Å². The van der Waals surface area contributed by atoms with Crippen LogP contribution in [0.15, 0.2) is 10.5 Å². The normalized spacial score (nSPS) is 10.9. The van der Waals surface area contributed by atoms with E-state index in [1.807, 2.05) is 0 Å². The van der Waals surface area contributed by atoms with Gasteiger partial charge in [0.05, 0.1) is 11.6 Å². The van der Waals surface area contributed by atoms with Gasteiger partial charge in [0.15, 0.2) is 0 Å². The number of halogens is 4. The van der Waals surface area contributed by atoms with Crippen molar-refractivity contribution in [3.8, 4) is 0 Å². The largest absolute Gasteiger partial charge is 0.280 e. The number of hydrogen-bond acceptors (Lipinski definition) is 1. The van der Waals surface area contributed by atoms with E-state index in [4.69, 9.17) is 11.6 Å². The first-order valence-electron chi connectivity index (χ1n) is 3.56. The summed E-state index contributed by atoms with van der Waals surface area (Å²) in [6.45, 7) is 1.78. The SMILES string of the molecule is Cc1c(Br)cc(C(F)F)nc1CCl. The summed E-state index contributed by atoms with van der Waals surface area (Å²) in [5.74, 6) is 0.144. The predicted octanol–water partition coefficient (Wildman–Crippen LogP) is 3.83. The molecule has 0 fully saturated rings. The first kappa shape index (κ1) is 10.9. The lowest BCUT2D eigenvalue weighted by Crippen LogP contribution is -1.98. The quantitative estimate of drug-likeness (QED) is 0.744. The second kappa shape index (κ2) is 4.33. The third kappa shape index (κ3) is 2.38. The van der Waals surface area contributed by atoms with E-state index in [2.05, 4.69) is 20.9 Å². The fraction of sp³-hybridized carbons (Fsp3) is 0.375. The first-order chi connectivity index (χ1) is 6.06. The predicted molar refractivity (Wildman–Crippen MR) is 51.2 cm³/mol. The number of aromatic nitrogens is 1. The summed E-state index contributed by atoms with van der Waals surface area (Å²) in [4.78, 5) is 3.74. The van der Waals surface area contributed by atoms with Gasteiger partial charge in [-0.15, -0.1) is 11.6 Å². The summed E-state index contributed by atoms with van der Waals surface area (Å²) < 4.78 is 25.2. The average molecular weight is 271 g/mol. The summed E-state index contributed by atoms with van der Waals surface area (Å²) in [5.41, 5.74) is 1.05. The van der Waals surface area contributed by atoms with Gasteiger partial charge in [-0.25, -0.2) is 8.78 Å².